The molecule has 3 aromatic carbocycles. The minimum absolute atomic E-state index is 0.0610. The largest absolute Gasteiger partial charge is 0.469 e. The second-order valence-corrected chi connectivity index (χ2v) is 17.2. The van der Waals surface area contributed by atoms with Gasteiger partial charge in [0.1, 0.15) is 0 Å². The number of allylic oxidation sites excluding steroid dienone is 1. The van der Waals surface area contributed by atoms with Crippen LogP contribution in [0.2, 0.25) is 0 Å². The highest BCUT2D eigenvalue weighted by molar-refractivity contribution is 8.04. The molecule has 11 nitrogen and oxygen atoms in total. The molecule has 1 aliphatic carbocycles. The first-order valence-electron chi connectivity index (χ1n) is 21.4. The number of ether oxygens (including phenoxy) is 2. The van der Waals surface area contributed by atoms with Gasteiger partial charge >= 0.3 is 11.9 Å². The van der Waals surface area contributed by atoms with Gasteiger partial charge < -0.3 is 25.0 Å². The zero-order chi connectivity index (χ0) is 43.2. The van der Waals surface area contributed by atoms with Crippen LogP contribution in [0, 0.1) is 11.8 Å². The van der Waals surface area contributed by atoms with E-state index in [1.54, 1.807) is 42.8 Å². The standard InChI is InChI=1S/C48H62N4O7S/c1-7-39(8-2)52(28-12-27-51(4)47(56)32(3)29-42(53)58-5)31-35-13-11-14-37(30-35)44(54)50-46-43(40-15-9-10-16-41(40)60-46)45(55)49-38-25-21-34(22-26-38)18-17-33-19-23-36(24-20-33)48(57)59-6/h11,13-14,19-26,30,32,39,43,46H,7-10,12,15-18,27-29,31H2,1-6H3,(H,49,55)(H,50,54)/t32-,43?,46?/m1/s1. The zero-order valence-electron chi connectivity index (χ0n) is 36.1. The Morgan fingerprint density at radius 2 is 1.48 bits per heavy atom. The fraction of sp³-hybridized carbons (Fsp3) is 0.479. The minimum atomic E-state index is -0.469. The van der Waals surface area contributed by atoms with E-state index in [0.29, 0.717) is 35.9 Å². The van der Waals surface area contributed by atoms with Crippen LogP contribution in [0.4, 0.5) is 5.69 Å². The maximum absolute atomic E-state index is 14.1. The summed E-state index contributed by atoms with van der Waals surface area (Å²) < 4.78 is 9.53. The van der Waals surface area contributed by atoms with Gasteiger partial charge in [-0.2, -0.15) is 0 Å². The Morgan fingerprint density at radius 1 is 0.817 bits per heavy atom. The fourth-order valence-corrected chi connectivity index (χ4v) is 9.78. The molecule has 3 atom stereocenters. The average Bonchev–Trinajstić information content (AvgIpc) is 3.63. The predicted molar refractivity (Wildman–Crippen MR) is 237 cm³/mol. The summed E-state index contributed by atoms with van der Waals surface area (Å²) >= 11 is 1.62. The summed E-state index contributed by atoms with van der Waals surface area (Å²) in [4.78, 5) is 69.7. The number of hydrogen-bond acceptors (Lipinski definition) is 9. The summed E-state index contributed by atoms with van der Waals surface area (Å²) in [5.41, 5.74) is 6.22. The van der Waals surface area contributed by atoms with Crippen molar-refractivity contribution >= 4 is 47.1 Å². The molecular formula is C48H62N4O7S. The number of carbonyl (C=O) groups excluding carboxylic acids is 5. The van der Waals surface area contributed by atoms with Crippen LogP contribution >= 0.6 is 11.8 Å². The van der Waals surface area contributed by atoms with Gasteiger partial charge in [-0.1, -0.05) is 57.2 Å². The molecule has 0 spiro atoms. The van der Waals surface area contributed by atoms with Gasteiger partial charge in [-0.15, -0.1) is 11.8 Å². The van der Waals surface area contributed by atoms with Crippen molar-refractivity contribution in [3.8, 4) is 0 Å². The molecule has 0 aromatic heterocycles. The summed E-state index contributed by atoms with van der Waals surface area (Å²) in [6.07, 6.45) is 8.28. The molecule has 3 aromatic rings. The molecule has 1 heterocycles. The van der Waals surface area contributed by atoms with Crippen molar-refractivity contribution in [1.29, 1.82) is 0 Å². The van der Waals surface area contributed by atoms with Crippen LogP contribution < -0.4 is 10.6 Å². The first-order valence-corrected chi connectivity index (χ1v) is 22.2. The van der Waals surface area contributed by atoms with Crippen molar-refractivity contribution in [1.82, 2.24) is 15.1 Å². The molecule has 0 radical (unpaired) electrons. The van der Waals surface area contributed by atoms with Gasteiger partial charge in [0.05, 0.1) is 37.5 Å². The number of nitrogens with one attached hydrogen (secondary N) is 2. The fourth-order valence-electron chi connectivity index (χ4n) is 8.24. The third kappa shape index (κ3) is 12.5. The van der Waals surface area contributed by atoms with Crippen LogP contribution in [-0.4, -0.2) is 85.2 Å². The Morgan fingerprint density at radius 3 is 2.13 bits per heavy atom. The van der Waals surface area contributed by atoms with Crippen molar-refractivity contribution in [3.05, 3.63) is 111 Å². The number of benzene rings is 3. The summed E-state index contributed by atoms with van der Waals surface area (Å²) in [7, 11) is 4.48. The van der Waals surface area contributed by atoms with Gasteiger partial charge in [-0.25, -0.2) is 4.79 Å². The lowest BCUT2D eigenvalue weighted by atomic mass is 9.88. The van der Waals surface area contributed by atoms with E-state index in [-0.39, 0.29) is 30.1 Å². The average molecular weight is 839 g/mol. The van der Waals surface area contributed by atoms with Gasteiger partial charge in [0.25, 0.3) is 5.91 Å². The Balaban J connectivity index is 1.19. The topological polar surface area (TPSA) is 134 Å². The maximum Gasteiger partial charge on any atom is 0.337 e. The number of nitrogens with zero attached hydrogens (tertiary/aromatic N) is 2. The van der Waals surface area contributed by atoms with E-state index in [9.17, 15) is 24.0 Å². The van der Waals surface area contributed by atoms with E-state index >= 15 is 0 Å². The Kier molecular flexibility index (Phi) is 17.4. The Bertz CT molecular complexity index is 1980. The molecule has 2 N–H and O–H groups in total. The molecule has 0 bridgehead atoms. The Labute approximate surface area is 360 Å². The molecule has 2 aliphatic rings. The third-order valence-corrected chi connectivity index (χ3v) is 13.1. The van der Waals surface area contributed by atoms with Crippen molar-refractivity contribution in [2.75, 3.05) is 39.7 Å². The highest BCUT2D eigenvalue weighted by Crippen LogP contribution is 2.48. The van der Waals surface area contributed by atoms with Gasteiger partial charge in [0.2, 0.25) is 11.8 Å². The molecular weight excluding hydrogens is 777 g/mol. The lowest BCUT2D eigenvalue weighted by molar-refractivity contribution is -0.146. The van der Waals surface area contributed by atoms with Gasteiger partial charge in [-0.05, 0) is 121 Å². The second-order valence-electron chi connectivity index (χ2n) is 16.0. The third-order valence-electron chi connectivity index (χ3n) is 11.7. The van der Waals surface area contributed by atoms with Crippen LogP contribution in [0.5, 0.6) is 0 Å². The van der Waals surface area contributed by atoms with E-state index in [1.807, 2.05) is 60.7 Å². The molecule has 0 saturated carbocycles. The van der Waals surface area contributed by atoms with E-state index < -0.39 is 23.2 Å². The van der Waals surface area contributed by atoms with Gasteiger partial charge in [0.15, 0.2) is 0 Å². The van der Waals surface area contributed by atoms with Crippen molar-refractivity contribution in [2.24, 2.45) is 11.8 Å². The lowest BCUT2D eigenvalue weighted by Gasteiger charge is -2.31. The summed E-state index contributed by atoms with van der Waals surface area (Å²) in [6.45, 7) is 8.12. The van der Waals surface area contributed by atoms with E-state index in [4.69, 9.17) is 9.47 Å². The number of esters is 2. The van der Waals surface area contributed by atoms with Crippen LogP contribution in [0.25, 0.3) is 0 Å². The number of anilines is 1. The Hall–Kier alpha value is -4.94. The predicted octanol–water partition coefficient (Wildman–Crippen LogP) is 8.18. The van der Waals surface area contributed by atoms with E-state index in [0.717, 1.165) is 86.6 Å². The molecule has 0 saturated heterocycles. The number of hydrogen-bond donors (Lipinski definition) is 2. The number of amides is 3. The molecule has 322 valence electrons. The quantitative estimate of drug-likeness (QED) is 0.108. The summed E-state index contributed by atoms with van der Waals surface area (Å²) in [5.74, 6) is -2.04. The van der Waals surface area contributed by atoms with Crippen molar-refractivity contribution in [2.45, 2.75) is 103 Å². The maximum atomic E-state index is 14.1. The van der Waals surface area contributed by atoms with Gasteiger partial charge in [0, 0.05) is 49.9 Å². The molecule has 60 heavy (non-hydrogen) atoms. The normalized spacial score (nSPS) is 16.6. The van der Waals surface area contributed by atoms with Crippen LogP contribution in [0.15, 0.2) is 83.3 Å². The number of rotatable bonds is 20. The van der Waals surface area contributed by atoms with Crippen molar-refractivity contribution < 1.29 is 33.4 Å². The van der Waals surface area contributed by atoms with E-state index in [2.05, 4.69) is 29.4 Å². The zero-order valence-corrected chi connectivity index (χ0v) is 36.9. The molecule has 1 aliphatic heterocycles. The second kappa shape index (κ2) is 22.6. The number of carbonyl (C=O) groups is 5. The van der Waals surface area contributed by atoms with Crippen LogP contribution in [-0.2, 0) is 43.2 Å². The SMILES string of the molecule is CCC(CC)N(CCCN(C)C(=O)[C@H](C)CC(=O)OC)Cc1cccc(C(=O)NC2SC3=C(CCCC3)C2C(=O)Nc2ccc(CCc3ccc(C(=O)OC)cc3)cc2)c1. The van der Waals surface area contributed by atoms with Gasteiger partial charge in [-0.3, -0.25) is 24.1 Å². The number of thioether (sulfide) groups is 1. The van der Waals surface area contributed by atoms with Crippen LogP contribution in [0.3, 0.4) is 0 Å². The molecule has 5 rings (SSSR count). The highest BCUT2D eigenvalue weighted by atomic mass is 32.2. The first-order chi connectivity index (χ1) is 28.9. The molecule has 0 fully saturated rings. The van der Waals surface area contributed by atoms with Crippen LogP contribution in [0.1, 0.15) is 110 Å². The lowest BCUT2D eigenvalue weighted by Crippen LogP contribution is -2.42. The number of aryl methyl sites for hydroxylation is 2. The highest BCUT2D eigenvalue weighted by Gasteiger charge is 2.42. The molecule has 2 unspecified atom stereocenters. The smallest absolute Gasteiger partial charge is 0.337 e. The van der Waals surface area contributed by atoms with E-state index in [1.165, 1.54) is 19.1 Å². The summed E-state index contributed by atoms with van der Waals surface area (Å²) in [6, 6.07) is 23.5. The minimum Gasteiger partial charge on any atom is -0.469 e. The molecule has 12 heteroatoms. The van der Waals surface area contributed by atoms with Crippen molar-refractivity contribution in [3.63, 3.8) is 0 Å². The first kappa shape index (κ1) is 46.1. The monoisotopic (exact) mass is 838 g/mol. The molecule has 3 amide bonds. The summed E-state index contributed by atoms with van der Waals surface area (Å²) in [5, 5.41) is 5.99. The number of methoxy groups -OCH3 is 2.